The van der Waals surface area contributed by atoms with Crippen molar-refractivity contribution in [2.75, 3.05) is 25.7 Å². The molecule has 15 heavy (non-hydrogen) atoms. The van der Waals surface area contributed by atoms with E-state index in [1.54, 1.807) is 0 Å². The minimum atomic E-state index is -3.34. The van der Waals surface area contributed by atoms with E-state index in [4.69, 9.17) is 25.2 Å². The van der Waals surface area contributed by atoms with Gasteiger partial charge in [0.2, 0.25) is 0 Å². The second-order valence-corrected chi connectivity index (χ2v) is 5.04. The fourth-order valence-corrected chi connectivity index (χ4v) is 2.25. The van der Waals surface area contributed by atoms with Crippen LogP contribution in [0, 0.1) is 0 Å². The number of alkyl halides is 1. The predicted molar refractivity (Wildman–Crippen MR) is 61.4 cm³/mol. The van der Waals surface area contributed by atoms with Crippen molar-refractivity contribution in [2.45, 2.75) is 33.1 Å². The first-order valence-electron chi connectivity index (χ1n) is 5.28. The van der Waals surface area contributed by atoms with Gasteiger partial charge < -0.3 is 0 Å². The Morgan fingerprint density at radius 1 is 1.00 bits per heavy atom. The Kier molecular flexibility index (Phi) is 9.87. The molecule has 0 fully saturated rings. The highest BCUT2D eigenvalue weighted by molar-refractivity contribution is 7.48. The maximum atomic E-state index is 11.9. The van der Waals surface area contributed by atoms with Crippen molar-refractivity contribution >= 4 is 19.4 Å². The monoisotopic (exact) mass is 258 g/mol. The van der Waals surface area contributed by atoms with Crippen molar-refractivity contribution < 1.29 is 18.1 Å². The summed E-state index contributed by atoms with van der Waals surface area (Å²) in [5.41, 5.74) is 0. The summed E-state index contributed by atoms with van der Waals surface area (Å²) in [4.78, 5) is 0. The van der Waals surface area contributed by atoms with Crippen LogP contribution in [0.3, 0.4) is 0 Å². The van der Waals surface area contributed by atoms with Gasteiger partial charge in [0.25, 0.3) is 0 Å². The lowest BCUT2D eigenvalue weighted by atomic mass is 10.5. The standard InChI is InChI=1S/C9H20ClO4P/c1-3-7-12-15(11,13-8-4-2)14-9-5-6-10/h3-9H2,1-2H3. The lowest BCUT2D eigenvalue weighted by molar-refractivity contribution is 0.113. The third-order valence-corrected chi connectivity index (χ3v) is 3.20. The topological polar surface area (TPSA) is 44.8 Å². The lowest BCUT2D eigenvalue weighted by Gasteiger charge is -2.17. The first-order chi connectivity index (χ1) is 7.18. The molecule has 0 saturated heterocycles. The van der Waals surface area contributed by atoms with Crippen molar-refractivity contribution in [3.63, 3.8) is 0 Å². The summed E-state index contributed by atoms with van der Waals surface area (Å²) in [7, 11) is -3.34. The van der Waals surface area contributed by atoms with E-state index >= 15 is 0 Å². The average molecular weight is 259 g/mol. The zero-order valence-corrected chi connectivity index (χ0v) is 11.1. The van der Waals surface area contributed by atoms with Gasteiger partial charge >= 0.3 is 7.82 Å². The third-order valence-electron chi connectivity index (χ3n) is 1.43. The molecule has 0 unspecified atom stereocenters. The summed E-state index contributed by atoms with van der Waals surface area (Å²) in [5, 5.41) is 0. The van der Waals surface area contributed by atoms with Gasteiger partial charge in [-0.2, -0.15) is 0 Å². The van der Waals surface area contributed by atoms with Crippen molar-refractivity contribution in [3.05, 3.63) is 0 Å². The van der Waals surface area contributed by atoms with Gasteiger partial charge in [-0.3, -0.25) is 13.6 Å². The van der Waals surface area contributed by atoms with Gasteiger partial charge in [-0.1, -0.05) is 13.8 Å². The van der Waals surface area contributed by atoms with Crippen LogP contribution in [0.1, 0.15) is 33.1 Å². The zero-order valence-electron chi connectivity index (χ0n) is 9.41. The van der Waals surface area contributed by atoms with Crippen LogP contribution < -0.4 is 0 Å². The molecular weight excluding hydrogens is 239 g/mol. The molecule has 0 rings (SSSR count). The van der Waals surface area contributed by atoms with Crippen LogP contribution in [-0.4, -0.2) is 25.7 Å². The molecule has 0 aliphatic carbocycles. The summed E-state index contributed by atoms with van der Waals surface area (Å²) in [6.07, 6.45) is 2.19. The van der Waals surface area contributed by atoms with Gasteiger partial charge in [-0.05, 0) is 19.3 Å². The maximum absolute atomic E-state index is 11.9. The molecule has 4 nitrogen and oxygen atoms in total. The fourth-order valence-electron chi connectivity index (χ4n) is 0.749. The number of hydrogen-bond acceptors (Lipinski definition) is 4. The number of phosphoric ester groups is 1. The molecule has 0 aliphatic rings. The minimum absolute atomic E-state index is 0.300. The molecule has 0 radical (unpaired) electrons. The van der Waals surface area contributed by atoms with Crippen molar-refractivity contribution in [1.82, 2.24) is 0 Å². The smallest absolute Gasteiger partial charge is 0.287 e. The highest BCUT2D eigenvalue weighted by atomic mass is 35.5. The summed E-state index contributed by atoms with van der Waals surface area (Å²) >= 11 is 5.49. The molecule has 0 aromatic carbocycles. The molecule has 92 valence electrons. The van der Waals surface area contributed by atoms with Gasteiger partial charge in [0.1, 0.15) is 0 Å². The second kappa shape index (κ2) is 9.61. The predicted octanol–water partition coefficient (Wildman–Crippen LogP) is 3.59. The maximum Gasteiger partial charge on any atom is 0.474 e. The van der Waals surface area contributed by atoms with Crippen molar-refractivity contribution in [3.8, 4) is 0 Å². The molecule has 0 aromatic heterocycles. The number of rotatable bonds is 10. The Balaban J connectivity index is 3.96. The zero-order chi connectivity index (χ0) is 11.6. The molecule has 0 bridgehead atoms. The molecule has 6 heteroatoms. The molecule has 0 atom stereocenters. The summed E-state index contributed by atoms with van der Waals surface area (Å²) in [6.45, 7) is 4.92. The van der Waals surface area contributed by atoms with E-state index in [-0.39, 0.29) is 0 Å². The molecule has 0 aromatic rings. The Morgan fingerprint density at radius 3 is 1.87 bits per heavy atom. The number of phosphoric acid groups is 1. The largest absolute Gasteiger partial charge is 0.474 e. The van der Waals surface area contributed by atoms with E-state index in [0.717, 1.165) is 12.8 Å². The second-order valence-electron chi connectivity index (χ2n) is 2.99. The first-order valence-corrected chi connectivity index (χ1v) is 7.27. The third kappa shape index (κ3) is 8.23. The van der Waals surface area contributed by atoms with E-state index in [0.29, 0.717) is 32.1 Å². The van der Waals surface area contributed by atoms with Crippen LogP contribution in [-0.2, 0) is 18.1 Å². The van der Waals surface area contributed by atoms with E-state index in [9.17, 15) is 4.57 Å². The Morgan fingerprint density at radius 2 is 1.47 bits per heavy atom. The Labute approximate surface area is 96.9 Å². The number of hydrogen-bond donors (Lipinski definition) is 0. The molecule has 0 heterocycles. The molecular formula is C9H20ClO4P. The van der Waals surface area contributed by atoms with E-state index in [1.807, 2.05) is 13.8 Å². The summed E-state index contributed by atoms with van der Waals surface area (Å²) in [5.74, 6) is 0.474. The van der Waals surface area contributed by atoms with Crippen LogP contribution in [0.4, 0.5) is 0 Å². The van der Waals surface area contributed by atoms with Gasteiger partial charge in [-0.15, -0.1) is 11.6 Å². The van der Waals surface area contributed by atoms with Crippen molar-refractivity contribution in [1.29, 1.82) is 0 Å². The van der Waals surface area contributed by atoms with Crippen LogP contribution in [0.25, 0.3) is 0 Å². The SMILES string of the molecule is CCCOP(=O)(OCCC)OCCCCl. The van der Waals surface area contributed by atoms with Gasteiger partial charge in [0.05, 0.1) is 19.8 Å². The van der Waals surface area contributed by atoms with Gasteiger partial charge in [-0.25, -0.2) is 4.57 Å². The van der Waals surface area contributed by atoms with Crippen LogP contribution in [0.2, 0.25) is 0 Å². The lowest BCUT2D eigenvalue weighted by Crippen LogP contribution is -2.03. The fraction of sp³-hybridized carbons (Fsp3) is 1.00. The van der Waals surface area contributed by atoms with Crippen molar-refractivity contribution in [2.24, 2.45) is 0 Å². The molecule has 0 aliphatic heterocycles. The van der Waals surface area contributed by atoms with Crippen LogP contribution >= 0.6 is 19.4 Å². The molecule has 0 spiro atoms. The summed E-state index contributed by atoms with van der Waals surface area (Å²) in [6, 6.07) is 0. The molecule has 0 N–H and O–H groups in total. The molecule has 0 saturated carbocycles. The van der Waals surface area contributed by atoms with Crippen LogP contribution in [0.5, 0.6) is 0 Å². The van der Waals surface area contributed by atoms with Crippen LogP contribution in [0.15, 0.2) is 0 Å². The normalized spacial score (nSPS) is 11.9. The average Bonchev–Trinajstić information content (AvgIpc) is 2.24. The quantitative estimate of drug-likeness (QED) is 0.341. The van der Waals surface area contributed by atoms with E-state index in [1.165, 1.54) is 0 Å². The van der Waals surface area contributed by atoms with Gasteiger partial charge in [0, 0.05) is 5.88 Å². The van der Waals surface area contributed by atoms with E-state index in [2.05, 4.69) is 0 Å². The highest BCUT2D eigenvalue weighted by Crippen LogP contribution is 2.49. The minimum Gasteiger partial charge on any atom is -0.287 e. The Hall–Kier alpha value is 0.400. The van der Waals surface area contributed by atoms with E-state index < -0.39 is 7.82 Å². The first kappa shape index (κ1) is 15.4. The highest BCUT2D eigenvalue weighted by Gasteiger charge is 2.25. The number of halogens is 1. The summed E-state index contributed by atoms with van der Waals surface area (Å²) < 4.78 is 27.2. The Bertz CT molecular complexity index is 177. The molecule has 0 amide bonds. The van der Waals surface area contributed by atoms with Gasteiger partial charge in [0.15, 0.2) is 0 Å².